The molecule has 0 amide bonds. The van der Waals surface area contributed by atoms with Crippen LogP contribution in [0.3, 0.4) is 0 Å². The second kappa shape index (κ2) is 13.2. The topological polar surface area (TPSA) is 16.4 Å². The molecular formula is C54H35NO. The van der Waals surface area contributed by atoms with Crippen LogP contribution in [0, 0.1) is 0 Å². The first kappa shape index (κ1) is 32.0. The van der Waals surface area contributed by atoms with E-state index in [2.05, 4.69) is 211 Å². The Morgan fingerprint density at radius 3 is 1.66 bits per heavy atom. The maximum Gasteiger partial charge on any atom is 0.143 e. The molecule has 0 aliphatic heterocycles. The predicted octanol–water partition coefficient (Wildman–Crippen LogP) is 15.5. The fourth-order valence-electron chi connectivity index (χ4n) is 8.54. The Hall–Kier alpha value is -7.42. The Morgan fingerprint density at radius 1 is 0.304 bits per heavy atom. The van der Waals surface area contributed by atoms with Crippen LogP contribution in [0.4, 0.5) is 17.1 Å². The van der Waals surface area contributed by atoms with E-state index < -0.39 is 0 Å². The smallest absolute Gasteiger partial charge is 0.143 e. The molecule has 1 heterocycles. The fraction of sp³-hybridized carbons (Fsp3) is 0. The second-order valence-electron chi connectivity index (χ2n) is 14.5. The molecule has 0 fully saturated rings. The molecule has 0 bridgehead atoms. The first-order chi connectivity index (χ1) is 27.8. The van der Waals surface area contributed by atoms with Crippen LogP contribution >= 0.6 is 0 Å². The van der Waals surface area contributed by atoms with Gasteiger partial charge in [-0.15, -0.1) is 0 Å². The van der Waals surface area contributed by atoms with Gasteiger partial charge in [0.05, 0.1) is 5.69 Å². The highest BCUT2D eigenvalue weighted by Gasteiger charge is 2.18. The Kier molecular flexibility index (Phi) is 7.53. The summed E-state index contributed by atoms with van der Waals surface area (Å²) in [5.41, 5.74) is 12.2. The molecule has 1 aromatic heterocycles. The Morgan fingerprint density at radius 2 is 0.875 bits per heavy atom. The zero-order valence-electron chi connectivity index (χ0n) is 30.6. The first-order valence-corrected chi connectivity index (χ1v) is 19.2. The molecule has 2 nitrogen and oxygen atoms in total. The van der Waals surface area contributed by atoms with Crippen LogP contribution in [-0.2, 0) is 0 Å². The molecule has 11 rings (SSSR count). The third-order valence-electron chi connectivity index (χ3n) is 11.3. The highest BCUT2D eigenvalue weighted by molar-refractivity contribution is 6.14. The van der Waals surface area contributed by atoms with Crippen molar-refractivity contribution in [2.75, 3.05) is 4.90 Å². The molecule has 0 atom stereocenters. The van der Waals surface area contributed by atoms with E-state index >= 15 is 0 Å². The third kappa shape index (κ3) is 5.34. The summed E-state index contributed by atoms with van der Waals surface area (Å²) in [4.78, 5) is 2.38. The largest absolute Gasteiger partial charge is 0.455 e. The van der Waals surface area contributed by atoms with Crippen molar-refractivity contribution in [1.82, 2.24) is 0 Å². The van der Waals surface area contributed by atoms with Gasteiger partial charge in [0.2, 0.25) is 0 Å². The number of hydrogen-bond donors (Lipinski definition) is 0. The first-order valence-electron chi connectivity index (χ1n) is 19.2. The van der Waals surface area contributed by atoms with Gasteiger partial charge in [0.25, 0.3) is 0 Å². The number of fused-ring (bicyclic) bond motifs is 7. The molecule has 56 heavy (non-hydrogen) atoms. The number of anilines is 3. The quantitative estimate of drug-likeness (QED) is 0.160. The van der Waals surface area contributed by atoms with Gasteiger partial charge in [-0.1, -0.05) is 164 Å². The number of hydrogen-bond acceptors (Lipinski definition) is 2. The molecule has 2 heteroatoms. The summed E-state index contributed by atoms with van der Waals surface area (Å²) in [6, 6.07) is 76.4. The van der Waals surface area contributed by atoms with Crippen molar-refractivity contribution in [3.63, 3.8) is 0 Å². The number of rotatable bonds is 6. The van der Waals surface area contributed by atoms with Crippen molar-refractivity contribution in [2.45, 2.75) is 0 Å². The van der Waals surface area contributed by atoms with Crippen LogP contribution in [0.15, 0.2) is 217 Å². The molecule has 0 spiro atoms. The lowest BCUT2D eigenvalue weighted by molar-refractivity contribution is 0.670. The standard InChI is InChI=1S/C54H35NO/c1-2-12-38(13-3-1)46-21-11-22-49-51-34-40(28-33-53(51)56-54(46)49)36-24-29-42(30-25-36)55(52-23-10-16-37-14-4-7-18-45(37)52)43-31-26-39(27-32-43)50-35-41-15-5-6-17-44(41)47-19-8-9-20-48(47)50/h1-35H. The molecule has 0 unspecified atom stereocenters. The Balaban J connectivity index is 1.00. The van der Waals surface area contributed by atoms with Crippen LogP contribution in [0.25, 0.3) is 87.6 Å². The second-order valence-corrected chi connectivity index (χ2v) is 14.5. The molecule has 0 aliphatic carbocycles. The van der Waals surface area contributed by atoms with Crippen molar-refractivity contribution in [2.24, 2.45) is 0 Å². The Bertz CT molecular complexity index is 3230. The van der Waals surface area contributed by atoms with Gasteiger partial charge in [-0.05, 0) is 103 Å². The summed E-state index contributed by atoms with van der Waals surface area (Å²) in [6.45, 7) is 0. The third-order valence-corrected chi connectivity index (χ3v) is 11.3. The van der Waals surface area contributed by atoms with E-state index in [-0.39, 0.29) is 0 Å². The highest BCUT2D eigenvalue weighted by Crippen LogP contribution is 2.42. The summed E-state index contributed by atoms with van der Waals surface area (Å²) < 4.78 is 6.48. The molecule has 10 aromatic carbocycles. The normalized spacial score (nSPS) is 11.6. The monoisotopic (exact) mass is 713 g/mol. The van der Waals surface area contributed by atoms with Crippen molar-refractivity contribution in [3.05, 3.63) is 212 Å². The van der Waals surface area contributed by atoms with Gasteiger partial charge in [-0.2, -0.15) is 0 Å². The maximum atomic E-state index is 6.48. The molecule has 0 aliphatic rings. The van der Waals surface area contributed by atoms with E-state index in [1.165, 1.54) is 43.4 Å². The molecule has 0 saturated carbocycles. The van der Waals surface area contributed by atoms with Crippen molar-refractivity contribution < 1.29 is 4.42 Å². The van der Waals surface area contributed by atoms with Crippen molar-refractivity contribution in [3.8, 4) is 33.4 Å². The molecule has 262 valence electrons. The summed E-state index contributed by atoms with van der Waals surface area (Å²) in [5.74, 6) is 0. The number of benzene rings is 10. The molecule has 11 aromatic rings. The molecular weight excluding hydrogens is 679 g/mol. The van der Waals surface area contributed by atoms with Crippen LogP contribution in [-0.4, -0.2) is 0 Å². The van der Waals surface area contributed by atoms with E-state index in [9.17, 15) is 0 Å². The highest BCUT2D eigenvalue weighted by atomic mass is 16.3. The fourth-order valence-corrected chi connectivity index (χ4v) is 8.54. The van der Waals surface area contributed by atoms with Gasteiger partial charge in [-0.25, -0.2) is 0 Å². The minimum Gasteiger partial charge on any atom is -0.455 e. The van der Waals surface area contributed by atoms with Gasteiger partial charge in [0, 0.05) is 33.1 Å². The van der Waals surface area contributed by atoms with Gasteiger partial charge in [-0.3, -0.25) is 0 Å². The predicted molar refractivity (Wildman–Crippen MR) is 237 cm³/mol. The summed E-state index contributed by atoms with van der Waals surface area (Å²) in [6.07, 6.45) is 0. The zero-order chi connectivity index (χ0) is 37.0. The SMILES string of the molecule is c1ccc(-c2cccc3c2oc2ccc(-c4ccc(N(c5ccc(-c6cc7ccccc7c7ccccc67)cc5)c5cccc6ccccc56)cc4)cc23)cc1. The minimum atomic E-state index is 0.894. The van der Waals surface area contributed by atoms with Gasteiger partial charge in [0.15, 0.2) is 0 Å². The van der Waals surface area contributed by atoms with Gasteiger partial charge < -0.3 is 9.32 Å². The lowest BCUT2D eigenvalue weighted by Gasteiger charge is -2.27. The molecule has 0 radical (unpaired) electrons. The number of furan rings is 1. The summed E-state index contributed by atoms with van der Waals surface area (Å²) >= 11 is 0. The van der Waals surface area contributed by atoms with Gasteiger partial charge in [0.1, 0.15) is 11.2 Å². The molecule has 0 N–H and O–H groups in total. The van der Waals surface area contributed by atoms with Crippen molar-refractivity contribution in [1.29, 1.82) is 0 Å². The average molecular weight is 714 g/mol. The van der Waals surface area contributed by atoms with Crippen LogP contribution < -0.4 is 4.90 Å². The Labute approximate surface area is 325 Å². The molecule has 0 saturated heterocycles. The summed E-state index contributed by atoms with van der Waals surface area (Å²) in [5, 5.41) is 9.73. The van der Waals surface area contributed by atoms with E-state index in [1.54, 1.807) is 0 Å². The summed E-state index contributed by atoms with van der Waals surface area (Å²) in [7, 11) is 0. The maximum absolute atomic E-state index is 6.48. The number of para-hydroxylation sites is 1. The number of nitrogens with zero attached hydrogens (tertiary/aromatic N) is 1. The van der Waals surface area contributed by atoms with Crippen LogP contribution in [0.2, 0.25) is 0 Å². The van der Waals surface area contributed by atoms with E-state index in [0.29, 0.717) is 0 Å². The average Bonchev–Trinajstić information content (AvgIpc) is 3.65. The van der Waals surface area contributed by atoms with E-state index in [0.717, 1.165) is 61.3 Å². The van der Waals surface area contributed by atoms with E-state index in [1.807, 2.05) is 6.07 Å². The minimum absolute atomic E-state index is 0.894. The van der Waals surface area contributed by atoms with E-state index in [4.69, 9.17) is 4.42 Å². The lowest BCUT2D eigenvalue weighted by Crippen LogP contribution is -2.10. The van der Waals surface area contributed by atoms with Crippen LogP contribution in [0.1, 0.15) is 0 Å². The van der Waals surface area contributed by atoms with Crippen LogP contribution in [0.5, 0.6) is 0 Å². The lowest BCUT2D eigenvalue weighted by atomic mass is 9.93. The van der Waals surface area contributed by atoms with Crippen molar-refractivity contribution >= 4 is 71.3 Å². The van der Waals surface area contributed by atoms with Gasteiger partial charge >= 0.3 is 0 Å². The zero-order valence-corrected chi connectivity index (χ0v) is 30.6.